The smallest absolute Gasteiger partial charge is 0.249 e. The molecule has 0 saturated heterocycles. The van der Waals surface area contributed by atoms with Crippen LogP contribution in [0.4, 0.5) is 0 Å². The summed E-state index contributed by atoms with van der Waals surface area (Å²) in [6.07, 6.45) is 6.24. The van der Waals surface area contributed by atoms with Crippen molar-refractivity contribution < 1.29 is 9.47 Å². The number of hydrogen-bond donors (Lipinski definition) is 1. The predicted molar refractivity (Wildman–Crippen MR) is 102 cm³/mol. The van der Waals surface area contributed by atoms with Crippen molar-refractivity contribution in [2.45, 2.75) is 38.0 Å². The number of methoxy groups -OCH3 is 1. The molecule has 3 rings (SSSR count). The normalized spacial score (nSPS) is 16.6. The number of fused-ring (bicyclic) bond motifs is 1. The van der Waals surface area contributed by atoms with Crippen molar-refractivity contribution in [3.05, 3.63) is 71.3 Å². The molecule has 0 fully saturated rings. The van der Waals surface area contributed by atoms with Crippen LogP contribution in [0.2, 0.25) is 0 Å². The molecule has 3 nitrogen and oxygen atoms in total. The molecule has 25 heavy (non-hydrogen) atoms. The Kier molecular flexibility index (Phi) is 6.37. The van der Waals surface area contributed by atoms with Gasteiger partial charge in [0.15, 0.2) is 5.92 Å². The molecule has 0 bridgehead atoms. The zero-order valence-electron chi connectivity index (χ0n) is 15.0. The first kappa shape index (κ1) is 17.8. The van der Waals surface area contributed by atoms with Gasteiger partial charge in [0.05, 0.1) is 13.7 Å². The maximum absolute atomic E-state index is 6.21. The summed E-state index contributed by atoms with van der Waals surface area (Å²) in [7, 11) is 1.73. The van der Waals surface area contributed by atoms with E-state index in [0.717, 1.165) is 51.0 Å². The zero-order valence-corrected chi connectivity index (χ0v) is 15.0. The Labute approximate surface area is 151 Å². The molecule has 2 aromatic carbocycles. The lowest BCUT2D eigenvalue weighted by molar-refractivity contribution is 0.107. The third kappa shape index (κ3) is 4.56. The summed E-state index contributed by atoms with van der Waals surface area (Å²) >= 11 is 0. The molecule has 0 radical (unpaired) electrons. The second-order valence-electron chi connectivity index (χ2n) is 6.62. The number of unbranched alkanes of at least 4 members (excludes halogenated alkanes) is 1. The number of nitrogens with two attached hydrogens (primary N) is 1. The van der Waals surface area contributed by atoms with Crippen LogP contribution >= 0.6 is 0 Å². The Morgan fingerprint density at radius 1 is 1.12 bits per heavy atom. The van der Waals surface area contributed by atoms with Crippen molar-refractivity contribution in [1.82, 2.24) is 0 Å². The summed E-state index contributed by atoms with van der Waals surface area (Å²) in [6.45, 7) is 1.50. The van der Waals surface area contributed by atoms with Crippen molar-refractivity contribution in [1.29, 1.82) is 0 Å². The zero-order chi connectivity index (χ0) is 17.5. The van der Waals surface area contributed by atoms with Crippen LogP contribution in [0.3, 0.4) is 0 Å². The van der Waals surface area contributed by atoms with Gasteiger partial charge in [-0.3, -0.25) is 0 Å². The molecule has 1 atom stereocenters. The molecule has 0 amide bonds. The van der Waals surface area contributed by atoms with Gasteiger partial charge >= 0.3 is 0 Å². The quantitative estimate of drug-likeness (QED) is 0.578. The van der Waals surface area contributed by atoms with Crippen LogP contribution in [0.25, 0.3) is 0 Å². The van der Waals surface area contributed by atoms with Gasteiger partial charge in [0.1, 0.15) is 12.2 Å². The molecule has 0 aromatic heterocycles. The van der Waals surface area contributed by atoms with Crippen LogP contribution in [-0.4, -0.2) is 20.3 Å². The van der Waals surface area contributed by atoms with Crippen LogP contribution in [0.15, 0.2) is 48.5 Å². The monoisotopic (exact) mass is 338 g/mol. The molecule has 0 spiro atoms. The lowest BCUT2D eigenvalue weighted by Crippen LogP contribution is -2.24. The first-order valence-electron chi connectivity index (χ1n) is 9.21. The highest BCUT2D eigenvalue weighted by Gasteiger charge is 2.41. The second-order valence-corrected chi connectivity index (χ2v) is 6.62. The highest BCUT2D eigenvalue weighted by atomic mass is 16.5. The van der Waals surface area contributed by atoms with E-state index in [2.05, 4.69) is 48.5 Å². The van der Waals surface area contributed by atoms with Gasteiger partial charge in [-0.25, -0.2) is 0 Å². The standard InChI is InChI=1S/C22H28NO2/c1-24-19-10-11-20-18(16-19)9-12-22(25-14-6-5-13-23)21(20)15-17-7-3-2-4-8-17/h2-4,7-8,10-11,16,21H,5-6,9,12-15,23H2,1H3/q+1. The molecule has 3 heteroatoms. The fourth-order valence-electron chi connectivity index (χ4n) is 3.57. The minimum Gasteiger partial charge on any atom is -0.497 e. The highest BCUT2D eigenvalue weighted by Crippen LogP contribution is 2.41. The largest absolute Gasteiger partial charge is 0.497 e. The molecule has 1 unspecified atom stereocenters. The lowest BCUT2D eigenvalue weighted by Gasteiger charge is -2.24. The van der Waals surface area contributed by atoms with Crippen molar-refractivity contribution in [2.75, 3.05) is 20.3 Å². The highest BCUT2D eigenvalue weighted by molar-refractivity contribution is 5.43. The van der Waals surface area contributed by atoms with E-state index in [9.17, 15) is 0 Å². The van der Waals surface area contributed by atoms with Gasteiger partial charge in [-0.05, 0) is 42.6 Å². The first-order chi connectivity index (χ1) is 12.3. The van der Waals surface area contributed by atoms with Crippen LogP contribution in [0.1, 0.15) is 41.9 Å². The van der Waals surface area contributed by atoms with Crippen molar-refractivity contribution in [3.63, 3.8) is 0 Å². The van der Waals surface area contributed by atoms with E-state index in [4.69, 9.17) is 15.2 Å². The Morgan fingerprint density at radius 3 is 2.72 bits per heavy atom. The van der Waals surface area contributed by atoms with E-state index in [1.165, 1.54) is 22.8 Å². The maximum atomic E-state index is 6.21. The molecule has 0 aliphatic heterocycles. The van der Waals surface area contributed by atoms with Crippen LogP contribution in [0.5, 0.6) is 5.75 Å². The van der Waals surface area contributed by atoms with Crippen molar-refractivity contribution >= 4 is 0 Å². The molecule has 2 aromatic rings. The number of hydrogen-bond acceptors (Lipinski definition) is 3. The summed E-state index contributed by atoms with van der Waals surface area (Å²) in [5.41, 5.74) is 9.70. The Balaban J connectivity index is 1.80. The van der Waals surface area contributed by atoms with E-state index in [-0.39, 0.29) is 0 Å². The minimum absolute atomic E-state index is 0.315. The Hall–Kier alpha value is -1.97. The first-order valence-corrected chi connectivity index (χ1v) is 9.21. The summed E-state index contributed by atoms with van der Waals surface area (Å²) in [6, 6.07) is 17.1. The van der Waals surface area contributed by atoms with Gasteiger partial charge < -0.3 is 10.5 Å². The van der Waals surface area contributed by atoms with Gasteiger partial charge in [-0.15, -0.1) is 0 Å². The number of aryl methyl sites for hydroxylation is 1. The molecular weight excluding hydrogens is 310 g/mol. The minimum atomic E-state index is 0.315. The fourth-order valence-corrected chi connectivity index (χ4v) is 3.57. The van der Waals surface area contributed by atoms with E-state index in [1.54, 1.807) is 7.11 Å². The number of rotatable bonds is 8. The van der Waals surface area contributed by atoms with Gasteiger partial charge in [0.2, 0.25) is 6.10 Å². The van der Waals surface area contributed by atoms with Crippen LogP contribution in [-0.2, 0) is 17.6 Å². The van der Waals surface area contributed by atoms with Gasteiger partial charge in [0.25, 0.3) is 0 Å². The van der Waals surface area contributed by atoms with E-state index >= 15 is 0 Å². The third-order valence-electron chi connectivity index (χ3n) is 4.92. The van der Waals surface area contributed by atoms with Crippen molar-refractivity contribution in [2.24, 2.45) is 5.73 Å². The summed E-state index contributed by atoms with van der Waals surface area (Å²) < 4.78 is 11.6. The average molecular weight is 338 g/mol. The van der Waals surface area contributed by atoms with Gasteiger partial charge in [-0.2, -0.15) is 4.74 Å². The summed E-state index contributed by atoms with van der Waals surface area (Å²) in [5, 5.41) is 0. The predicted octanol–water partition coefficient (Wildman–Crippen LogP) is 4.26. The molecule has 0 saturated carbocycles. The maximum Gasteiger partial charge on any atom is 0.249 e. The number of ether oxygens (including phenoxy) is 2. The Morgan fingerprint density at radius 2 is 1.96 bits per heavy atom. The van der Waals surface area contributed by atoms with E-state index < -0.39 is 0 Å². The van der Waals surface area contributed by atoms with Crippen LogP contribution in [0, 0.1) is 6.10 Å². The molecule has 0 heterocycles. The van der Waals surface area contributed by atoms with Crippen LogP contribution < -0.4 is 10.5 Å². The second kappa shape index (κ2) is 8.93. The van der Waals surface area contributed by atoms with Gasteiger partial charge in [-0.1, -0.05) is 36.4 Å². The lowest BCUT2D eigenvalue weighted by atomic mass is 9.77. The third-order valence-corrected chi connectivity index (χ3v) is 4.92. The molecule has 2 N–H and O–H groups in total. The van der Waals surface area contributed by atoms with E-state index in [0.29, 0.717) is 5.92 Å². The fraction of sp³-hybridized carbons (Fsp3) is 0.409. The molecule has 132 valence electrons. The SMILES string of the molecule is COc1ccc2c(c1)CC[C+](OCCCCN)C2Cc1ccccc1. The average Bonchev–Trinajstić information content (AvgIpc) is 2.67. The summed E-state index contributed by atoms with van der Waals surface area (Å²) in [5.74, 6) is 1.25. The summed E-state index contributed by atoms with van der Waals surface area (Å²) in [4.78, 5) is 0. The topological polar surface area (TPSA) is 44.5 Å². The van der Waals surface area contributed by atoms with E-state index in [1.807, 2.05) is 0 Å². The molecule has 1 aliphatic carbocycles. The molecular formula is C22H28NO2+. The van der Waals surface area contributed by atoms with Crippen molar-refractivity contribution in [3.8, 4) is 5.75 Å². The van der Waals surface area contributed by atoms with Gasteiger partial charge in [0, 0.05) is 18.4 Å². The Bertz CT molecular complexity index is 656. The molecule has 1 aliphatic rings. The number of benzene rings is 2.